The molecule has 106 valence electrons. The number of primary amides is 1. The molecule has 5 heteroatoms. The van der Waals surface area contributed by atoms with E-state index in [2.05, 4.69) is 0 Å². The van der Waals surface area contributed by atoms with Gasteiger partial charge in [0, 0.05) is 5.56 Å². The number of para-hydroxylation sites is 2. The van der Waals surface area contributed by atoms with Crippen LogP contribution in [0.15, 0.2) is 54.6 Å². The Balaban J connectivity index is 2.00. The molecule has 0 radical (unpaired) electrons. The number of rotatable bonds is 2. The molecule has 1 atom stereocenters. The fraction of sp³-hybridized carbons (Fsp3) is 0.125. The summed E-state index contributed by atoms with van der Waals surface area (Å²) in [4.78, 5) is 25.6. The second-order valence-electron chi connectivity index (χ2n) is 4.76. The lowest BCUT2D eigenvalue weighted by molar-refractivity contribution is -0.124. The van der Waals surface area contributed by atoms with Crippen LogP contribution >= 0.6 is 0 Å². The molecule has 2 N–H and O–H groups in total. The Morgan fingerprint density at radius 3 is 2.43 bits per heavy atom. The van der Waals surface area contributed by atoms with Gasteiger partial charge in [-0.05, 0) is 24.3 Å². The number of nitrogens with zero attached hydrogens (tertiary/aromatic N) is 1. The van der Waals surface area contributed by atoms with Crippen LogP contribution in [0.5, 0.6) is 5.75 Å². The molecule has 1 heterocycles. The van der Waals surface area contributed by atoms with Crippen LogP contribution in [0.3, 0.4) is 0 Å². The van der Waals surface area contributed by atoms with Gasteiger partial charge in [0.05, 0.1) is 12.2 Å². The summed E-state index contributed by atoms with van der Waals surface area (Å²) in [7, 11) is 0. The monoisotopic (exact) mass is 282 g/mol. The Morgan fingerprint density at radius 1 is 1.05 bits per heavy atom. The Kier molecular flexibility index (Phi) is 3.31. The molecule has 1 unspecified atom stereocenters. The van der Waals surface area contributed by atoms with Gasteiger partial charge in [-0.1, -0.05) is 30.3 Å². The topological polar surface area (TPSA) is 72.6 Å². The van der Waals surface area contributed by atoms with Gasteiger partial charge < -0.3 is 15.4 Å². The molecular weight excluding hydrogens is 268 g/mol. The first-order chi connectivity index (χ1) is 10.2. The normalized spacial score (nSPS) is 16.8. The standard InChI is InChI=1S/C16H14N2O3/c17-15(19)14-10-18(12-8-4-5-9-13(12)21-14)16(20)11-6-2-1-3-7-11/h1-9,14H,10H2,(H2,17,19). The van der Waals surface area contributed by atoms with Crippen molar-refractivity contribution in [1.82, 2.24) is 0 Å². The molecular formula is C16H14N2O3. The minimum Gasteiger partial charge on any atom is -0.477 e. The first-order valence-corrected chi connectivity index (χ1v) is 6.59. The zero-order valence-corrected chi connectivity index (χ0v) is 11.2. The molecule has 0 bridgehead atoms. The average molecular weight is 282 g/mol. The summed E-state index contributed by atoms with van der Waals surface area (Å²) in [6.45, 7) is 0.111. The minimum atomic E-state index is -0.840. The summed E-state index contributed by atoms with van der Waals surface area (Å²) in [6.07, 6.45) is -0.840. The molecule has 0 saturated heterocycles. The van der Waals surface area contributed by atoms with Gasteiger partial charge in [-0.25, -0.2) is 0 Å². The number of benzene rings is 2. The first kappa shape index (κ1) is 13.2. The predicted octanol–water partition coefficient (Wildman–Crippen LogP) is 1.58. The fourth-order valence-electron chi connectivity index (χ4n) is 2.31. The van der Waals surface area contributed by atoms with Crippen molar-refractivity contribution in [2.24, 2.45) is 5.73 Å². The molecule has 3 rings (SSSR count). The van der Waals surface area contributed by atoms with Crippen molar-refractivity contribution >= 4 is 17.5 Å². The molecule has 5 nitrogen and oxygen atoms in total. The van der Waals surface area contributed by atoms with E-state index in [1.54, 1.807) is 42.5 Å². The number of hydrogen-bond donors (Lipinski definition) is 1. The maximum absolute atomic E-state index is 12.6. The Morgan fingerprint density at radius 2 is 1.71 bits per heavy atom. The molecule has 21 heavy (non-hydrogen) atoms. The Bertz CT molecular complexity index is 685. The summed E-state index contributed by atoms with van der Waals surface area (Å²) in [5, 5.41) is 0. The zero-order valence-electron chi connectivity index (χ0n) is 11.2. The van der Waals surface area contributed by atoms with Crippen molar-refractivity contribution in [1.29, 1.82) is 0 Å². The van der Waals surface area contributed by atoms with Crippen LogP contribution in [0.2, 0.25) is 0 Å². The molecule has 1 aliphatic rings. The molecule has 0 aliphatic carbocycles. The van der Waals surface area contributed by atoms with Gasteiger partial charge in [-0.15, -0.1) is 0 Å². The molecule has 1 aliphatic heterocycles. The summed E-state index contributed by atoms with van der Waals surface area (Å²) < 4.78 is 5.54. The van der Waals surface area contributed by atoms with Gasteiger partial charge in [0.2, 0.25) is 0 Å². The fourth-order valence-corrected chi connectivity index (χ4v) is 2.31. The molecule has 0 saturated carbocycles. The lowest BCUT2D eigenvalue weighted by atomic mass is 10.1. The number of fused-ring (bicyclic) bond motifs is 1. The molecule has 0 spiro atoms. The van der Waals surface area contributed by atoms with Gasteiger partial charge >= 0.3 is 0 Å². The maximum atomic E-state index is 12.6. The van der Waals surface area contributed by atoms with E-state index < -0.39 is 12.0 Å². The zero-order chi connectivity index (χ0) is 14.8. The van der Waals surface area contributed by atoms with E-state index in [9.17, 15) is 9.59 Å². The van der Waals surface area contributed by atoms with Crippen molar-refractivity contribution in [2.75, 3.05) is 11.4 Å². The number of carbonyl (C=O) groups excluding carboxylic acids is 2. The number of carbonyl (C=O) groups is 2. The van der Waals surface area contributed by atoms with Crippen molar-refractivity contribution in [3.8, 4) is 5.75 Å². The van der Waals surface area contributed by atoms with E-state index in [4.69, 9.17) is 10.5 Å². The molecule has 0 fully saturated rings. The highest BCUT2D eigenvalue weighted by Crippen LogP contribution is 2.33. The highest BCUT2D eigenvalue weighted by atomic mass is 16.5. The third-order valence-electron chi connectivity index (χ3n) is 3.36. The molecule has 2 amide bonds. The van der Waals surface area contributed by atoms with Crippen LogP contribution < -0.4 is 15.4 Å². The number of nitrogens with two attached hydrogens (primary N) is 1. The van der Waals surface area contributed by atoms with E-state index in [0.29, 0.717) is 17.0 Å². The third kappa shape index (κ3) is 2.45. The summed E-state index contributed by atoms with van der Waals surface area (Å²) in [5.41, 5.74) is 6.52. The Labute approximate surface area is 121 Å². The smallest absolute Gasteiger partial charge is 0.260 e. The minimum absolute atomic E-state index is 0.111. The van der Waals surface area contributed by atoms with E-state index in [-0.39, 0.29) is 12.5 Å². The van der Waals surface area contributed by atoms with Crippen LogP contribution in [-0.2, 0) is 4.79 Å². The van der Waals surface area contributed by atoms with Gasteiger partial charge in [0.1, 0.15) is 5.75 Å². The summed E-state index contributed by atoms with van der Waals surface area (Å²) in [5.74, 6) is -0.287. The van der Waals surface area contributed by atoms with E-state index in [1.807, 2.05) is 12.1 Å². The second kappa shape index (κ2) is 5.28. The number of ether oxygens (including phenoxy) is 1. The van der Waals surface area contributed by atoms with Crippen LogP contribution in [-0.4, -0.2) is 24.5 Å². The van der Waals surface area contributed by atoms with E-state index >= 15 is 0 Å². The first-order valence-electron chi connectivity index (χ1n) is 6.59. The number of hydrogen-bond acceptors (Lipinski definition) is 3. The average Bonchev–Trinajstić information content (AvgIpc) is 2.54. The predicted molar refractivity (Wildman–Crippen MR) is 78.2 cm³/mol. The lowest BCUT2D eigenvalue weighted by Gasteiger charge is -2.33. The molecule has 2 aromatic rings. The van der Waals surface area contributed by atoms with Crippen LogP contribution in [0, 0.1) is 0 Å². The van der Waals surface area contributed by atoms with Gasteiger partial charge in [0.15, 0.2) is 6.10 Å². The SMILES string of the molecule is NC(=O)C1CN(C(=O)c2ccccc2)c2ccccc2O1. The molecule has 0 aromatic heterocycles. The van der Waals surface area contributed by atoms with Gasteiger partial charge in [0.25, 0.3) is 11.8 Å². The van der Waals surface area contributed by atoms with Crippen molar-refractivity contribution in [3.05, 3.63) is 60.2 Å². The summed E-state index contributed by atoms with van der Waals surface area (Å²) >= 11 is 0. The van der Waals surface area contributed by atoms with Crippen LogP contribution in [0.4, 0.5) is 5.69 Å². The second-order valence-corrected chi connectivity index (χ2v) is 4.76. The van der Waals surface area contributed by atoms with Gasteiger partial charge in [-0.3, -0.25) is 9.59 Å². The van der Waals surface area contributed by atoms with Crippen molar-refractivity contribution in [2.45, 2.75) is 6.10 Å². The van der Waals surface area contributed by atoms with E-state index in [0.717, 1.165) is 0 Å². The quantitative estimate of drug-likeness (QED) is 0.909. The largest absolute Gasteiger partial charge is 0.477 e. The van der Waals surface area contributed by atoms with Crippen molar-refractivity contribution in [3.63, 3.8) is 0 Å². The lowest BCUT2D eigenvalue weighted by Crippen LogP contribution is -2.49. The third-order valence-corrected chi connectivity index (χ3v) is 3.36. The Hall–Kier alpha value is -2.82. The van der Waals surface area contributed by atoms with Crippen LogP contribution in [0.25, 0.3) is 0 Å². The highest BCUT2D eigenvalue weighted by Gasteiger charge is 2.32. The van der Waals surface area contributed by atoms with Gasteiger partial charge in [-0.2, -0.15) is 0 Å². The van der Waals surface area contributed by atoms with Crippen LogP contribution in [0.1, 0.15) is 10.4 Å². The van der Waals surface area contributed by atoms with Crippen molar-refractivity contribution < 1.29 is 14.3 Å². The number of anilines is 1. The van der Waals surface area contributed by atoms with E-state index in [1.165, 1.54) is 4.90 Å². The highest BCUT2D eigenvalue weighted by molar-refractivity contribution is 6.07. The summed E-state index contributed by atoms with van der Waals surface area (Å²) in [6, 6.07) is 16.0. The maximum Gasteiger partial charge on any atom is 0.260 e. The molecule has 2 aromatic carbocycles. The number of amides is 2.